The van der Waals surface area contributed by atoms with Crippen molar-refractivity contribution in [2.75, 3.05) is 23.3 Å². The van der Waals surface area contributed by atoms with E-state index in [2.05, 4.69) is 20.0 Å². The molecule has 2 N–H and O–H groups in total. The number of alkyl halides is 3. The van der Waals surface area contributed by atoms with E-state index in [1.54, 1.807) is 4.90 Å². The molecule has 12 heteroatoms. The number of nitrogens with one attached hydrogen (secondary N) is 1. The van der Waals surface area contributed by atoms with Crippen molar-refractivity contribution in [2.24, 2.45) is 0 Å². The lowest BCUT2D eigenvalue weighted by Crippen LogP contribution is -2.23. The number of pyridine rings is 2. The van der Waals surface area contributed by atoms with Gasteiger partial charge in [-0.1, -0.05) is 0 Å². The molecule has 3 heterocycles. The summed E-state index contributed by atoms with van der Waals surface area (Å²) in [5.74, 6) is -3.26. The van der Waals surface area contributed by atoms with Gasteiger partial charge in [-0.15, -0.1) is 13.2 Å². The average molecular weight is 480 g/mol. The molecule has 1 saturated heterocycles. The van der Waals surface area contributed by atoms with Gasteiger partial charge in [0.2, 0.25) is 0 Å². The minimum absolute atomic E-state index is 0.0267. The molecule has 0 aliphatic carbocycles. The van der Waals surface area contributed by atoms with Gasteiger partial charge >= 0.3 is 6.36 Å². The highest BCUT2D eigenvalue weighted by atomic mass is 19.4. The number of β-amino-alcohol motifs (C(OH)–C–C–N with tert-alkyl or cyclic N) is 1. The smallest absolute Gasteiger partial charge is 0.403 e. The summed E-state index contributed by atoms with van der Waals surface area (Å²) >= 11 is 0. The number of anilines is 2. The second-order valence-electron chi connectivity index (χ2n) is 7.52. The summed E-state index contributed by atoms with van der Waals surface area (Å²) in [6.45, 7) is 0.807. The van der Waals surface area contributed by atoms with Gasteiger partial charge in [-0.25, -0.2) is 13.8 Å². The largest absolute Gasteiger partial charge is 0.573 e. The van der Waals surface area contributed by atoms with Crippen molar-refractivity contribution in [1.29, 1.82) is 0 Å². The molecule has 178 valence electrons. The fourth-order valence-electron chi connectivity index (χ4n) is 3.53. The Hall–Kier alpha value is -3.80. The predicted octanol–water partition coefficient (Wildman–Crippen LogP) is 4.14. The molecular weight excluding hydrogens is 463 g/mol. The SMILES string of the molecule is O=C(Nc1ccc(OC(F)(F)F)c(F)c1)c1cnc(N2CC[C@@H](O)C2)c(-c2cncc(F)c2)c1. The minimum atomic E-state index is -5.06. The number of hydrogen-bond acceptors (Lipinski definition) is 6. The van der Waals surface area contributed by atoms with Gasteiger partial charge in [0.05, 0.1) is 17.9 Å². The lowest BCUT2D eigenvalue weighted by atomic mass is 10.1. The van der Waals surface area contributed by atoms with Crippen LogP contribution in [0.25, 0.3) is 11.1 Å². The molecule has 1 amide bonds. The maximum absolute atomic E-state index is 14.0. The van der Waals surface area contributed by atoms with Crippen LogP contribution < -0.4 is 15.0 Å². The highest BCUT2D eigenvalue weighted by Crippen LogP contribution is 2.32. The number of nitrogens with zero attached hydrogens (tertiary/aromatic N) is 3. The molecule has 1 aliphatic rings. The molecule has 0 spiro atoms. The number of aromatic nitrogens is 2. The van der Waals surface area contributed by atoms with E-state index in [4.69, 9.17) is 0 Å². The first-order valence-corrected chi connectivity index (χ1v) is 10.00. The molecule has 1 atom stereocenters. The van der Waals surface area contributed by atoms with Gasteiger partial charge in [0.1, 0.15) is 11.6 Å². The van der Waals surface area contributed by atoms with E-state index in [1.165, 1.54) is 24.5 Å². The van der Waals surface area contributed by atoms with Gasteiger partial charge in [0.15, 0.2) is 11.6 Å². The Morgan fingerprint density at radius 1 is 1.15 bits per heavy atom. The zero-order valence-electron chi connectivity index (χ0n) is 17.3. The lowest BCUT2D eigenvalue weighted by Gasteiger charge is -2.21. The van der Waals surface area contributed by atoms with Crippen molar-refractivity contribution in [1.82, 2.24) is 9.97 Å². The van der Waals surface area contributed by atoms with E-state index in [0.29, 0.717) is 42.5 Å². The standard InChI is InChI=1S/C22H17F5N4O3/c23-14-5-12(8-28-10-14)17-6-13(9-29-20(17)31-4-3-16(32)11-31)21(33)30-15-1-2-19(18(24)7-15)34-22(25,26)27/h1-2,5-10,16,32H,3-4,11H2,(H,30,33)/t16-/m1/s1. The summed E-state index contributed by atoms with van der Waals surface area (Å²) in [5, 5.41) is 12.2. The third-order valence-electron chi connectivity index (χ3n) is 5.02. The highest BCUT2D eigenvalue weighted by Gasteiger charge is 2.32. The van der Waals surface area contributed by atoms with E-state index in [-0.39, 0.29) is 11.3 Å². The number of amides is 1. The van der Waals surface area contributed by atoms with Gasteiger partial charge in [-0.3, -0.25) is 9.78 Å². The van der Waals surface area contributed by atoms with E-state index >= 15 is 0 Å². The monoisotopic (exact) mass is 480 g/mol. The van der Waals surface area contributed by atoms with E-state index in [1.807, 2.05) is 0 Å². The number of rotatable bonds is 5. The average Bonchev–Trinajstić information content (AvgIpc) is 3.20. The first-order valence-electron chi connectivity index (χ1n) is 10.00. The fraction of sp³-hybridized carbons (Fsp3) is 0.227. The Morgan fingerprint density at radius 3 is 2.59 bits per heavy atom. The molecule has 4 rings (SSSR count). The molecule has 34 heavy (non-hydrogen) atoms. The second kappa shape index (κ2) is 9.21. The van der Waals surface area contributed by atoms with Gasteiger partial charge in [-0.05, 0) is 30.7 Å². The molecule has 1 aromatic carbocycles. The molecular formula is C22H17F5N4O3. The Kier molecular flexibility index (Phi) is 6.33. The Labute approximate surface area is 189 Å². The van der Waals surface area contributed by atoms with Crippen molar-refractivity contribution in [3.63, 3.8) is 0 Å². The molecule has 3 aromatic rings. The summed E-state index contributed by atoms with van der Waals surface area (Å²) in [4.78, 5) is 22.7. The number of carbonyl (C=O) groups is 1. The maximum Gasteiger partial charge on any atom is 0.573 e. The Bertz CT molecular complexity index is 1220. The van der Waals surface area contributed by atoms with Crippen LogP contribution in [0.15, 0.2) is 48.9 Å². The van der Waals surface area contributed by atoms with Crippen LogP contribution in [0.3, 0.4) is 0 Å². The zero-order chi connectivity index (χ0) is 24.5. The van der Waals surface area contributed by atoms with Gasteiger partial charge in [0, 0.05) is 48.4 Å². The molecule has 0 unspecified atom stereocenters. The second-order valence-corrected chi connectivity index (χ2v) is 7.52. The van der Waals surface area contributed by atoms with E-state index < -0.39 is 35.8 Å². The molecule has 1 fully saturated rings. The van der Waals surface area contributed by atoms with E-state index in [9.17, 15) is 31.9 Å². The van der Waals surface area contributed by atoms with Crippen molar-refractivity contribution in [2.45, 2.75) is 18.9 Å². The van der Waals surface area contributed by atoms with Crippen LogP contribution in [0.5, 0.6) is 5.75 Å². The predicted molar refractivity (Wildman–Crippen MR) is 111 cm³/mol. The van der Waals surface area contributed by atoms with E-state index in [0.717, 1.165) is 18.3 Å². The van der Waals surface area contributed by atoms with Gasteiger partial charge in [-0.2, -0.15) is 0 Å². The van der Waals surface area contributed by atoms with Crippen LogP contribution in [-0.4, -0.2) is 46.5 Å². The third-order valence-corrected chi connectivity index (χ3v) is 5.02. The van der Waals surface area contributed by atoms with Crippen LogP contribution in [0, 0.1) is 11.6 Å². The van der Waals surface area contributed by atoms with Crippen LogP contribution in [0.4, 0.5) is 33.5 Å². The Morgan fingerprint density at radius 2 is 1.94 bits per heavy atom. The van der Waals surface area contributed by atoms with Crippen LogP contribution in [0.2, 0.25) is 0 Å². The molecule has 1 aliphatic heterocycles. The van der Waals surface area contributed by atoms with Gasteiger partial charge < -0.3 is 20.1 Å². The summed E-state index contributed by atoms with van der Waals surface area (Å²) < 4.78 is 68.3. The molecule has 0 bridgehead atoms. The first-order chi connectivity index (χ1) is 16.1. The number of carbonyl (C=O) groups excluding carboxylic acids is 1. The normalized spacial score (nSPS) is 15.9. The maximum atomic E-state index is 14.0. The fourth-order valence-corrected chi connectivity index (χ4v) is 3.53. The summed E-state index contributed by atoms with van der Waals surface area (Å²) in [5.41, 5.74) is 0.642. The number of halogens is 5. The highest BCUT2D eigenvalue weighted by molar-refractivity contribution is 6.05. The lowest BCUT2D eigenvalue weighted by molar-refractivity contribution is -0.275. The molecule has 7 nitrogen and oxygen atoms in total. The van der Waals surface area contributed by atoms with Crippen LogP contribution >= 0.6 is 0 Å². The Balaban J connectivity index is 1.62. The van der Waals surface area contributed by atoms with Gasteiger partial charge in [0.25, 0.3) is 5.91 Å². The summed E-state index contributed by atoms with van der Waals surface area (Å²) in [6.07, 6.45) is -1.43. The van der Waals surface area contributed by atoms with Crippen molar-refractivity contribution in [3.05, 3.63) is 66.1 Å². The number of aliphatic hydroxyl groups excluding tert-OH is 1. The number of aliphatic hydroxyl groups is 1. The topological polar surface area (TPSA) is 87.6 Å². The number of benzene rings is 1. The number of hydrogen-bond donors (Lipinski definition) is 2. The summed E-state index contributed by atoms with van der Waals surface area (Å²) in [6, 6.07) is 5.13. The first kappa shape index (κ1) is 23.4. The molecule has 0 radical (unpaired) electrons. The summed E-state index contributed by atoms with van der Waals surface area (Å²) in [7, 11) is 0. The molecule has 2 aromatic heterocycles. The van der Waals surface area contributed by atoms with Crippen LogP contribution in [0.1, 0.15) is 16.8 Å². The zero-order valence-corrected chi connectivity index (χ0v) is 17.3. The van der Waals surface area contributed by atoms with Crippen molar-refractivity contribution < 1.29 is 36.6 Å². The minimum Gasteiger partial charge on any atom is -0.403 e. The van der Waals surface area contributed by atoms with Crippen molar-refractivity contribution in [3.8, 4) is 16.9 Å². The van der Waals surface area contributed by atoms with Crippen molar-refractivity contribution >= 4 is 17.4 Å². The third kappa shape index (κ3) is 5.39. The quantitative estimate of drug-likeness (QED) is 0.534. The molecule has 0 saturated carbocycles. The van der Waals surface area contributed by atoms with Crippen LogP contribution in [-0.2, 0) is 0 Å². The number of ether oxygens (including phenoxy) is 1.